The van der Waals surface area contributed by atoms with Gasteiger partial charge in [0.2, 0.25) is 0 Å². The number of nitrogens with one attached hydrogen (secondary N) is 1. The van der Waals surface area contributed by atoms with Crippen molar-refractivity contribution in [1.29, 1.82) is 0 Å². The van der Waals surface area contributed by atoms with E-state index in [0.29, 0.717) is 11.2 Å². The number of hydrogen-bond donors (Lipinski definition) is 1. The van der Waals surface area contributed by atoms with Crippen LogP contribution >= 0.6 is 11.6 Å². The molecule has 18 heavy (non-hydrogen) atoms. The monoisotopic (exact) mass is 262 g/mol. The first-order valence-electron chi connectivity index (χ1n) is 6.15. The Morgan fingerprint density at radius 2 is 2.06 bits per heavy atom. The number of rotatable bonds is 1. The molecule has 2 aromatic rings. The van der Waals surface area contributed by atoms with Gasteiger partial charge < -0.3 is 10.2 Å². The summed E-state index contributed by atoms with van der Waals surface area (Å²) < 4.78 is 0. The van der Waals surface area contributed by atoms with Crippen LogP contribution in [0.5, 0.6) is 0 Å². The Morgan fingerprint density at radius 3 is 2.83 bits per heavy atom. The molecule has 4 nitrogen and oxygen atoms in total. The van der Waals surface area contributed by atoms with Gasteiger partial charge in [-0.05, 0) is 6.92 Å². The topological polar surface area (TPSA) is 41.0 Å². The van der Waals surface area contributed by atoms with Crippen LogP contribution in [0.1, 0.15) is 6.92 Å². The molecule has 0 saturated carbocycles. The van der Waals surface area contributed by atoms with Gasteiger partial charge in [0.15, 0.2) is 11.0 Å². The lowest BCUT2D eigenvalue weighted by molar-refractivity contribution is 0.497. The van der Waals surface area contributed by atoms with Gasteiger partial charge in [0.25, 0.3) is 0 Å². The van der Waals surface area contributed by atoms with Crippen LogP contribution < -0.4 is 10.2 Å². The lowest BCUT2D eigenvalue weighted by atomic mass is 10.1. The van der Waals surface area contributed by atoms with Crippen molar-refractivity contribution in [2.45, 2.75) is 13.0 Å². The molecule has 1 atom stereocenters. The number of piperazine rings is 1. The summed E-state index contributed by atoms with van der Waals surface area (Å²) in [5.41, 5.74) is 0. The standard InChI is InChI=1S/C13H15ClN4/c1-9-8-15-6-7-18(9)13-11-5-3-2-4-10(11)12(14)16-17-13/h2-5,9,15H,6-8H2,1H3/t9-/m0/s1. The fraction of sp³-hybridized carbons (Fsp3) is 0.385. The van der Waals surface area contributed by atoms with Crippen LogP contribution in [0.2, 0.25) is 5.15 Å². The van der Waals surface area contributed by atoms with Gasteiger partial charge in [-0.1, -0.05) is 35.9 Å². The maximum Gasteiger partial charge on any atom is 0.159 e. The molecular weight excluding hydrogens is 248 g/mol. The zero-order chi connectivity index (χ0) is 12.5. The molecule has 0 amide bonds. The molecule has 0 aliphatic carbocycles. The van der Waals surface area contributed by atoms with Crippen LogP contribution in [0.4, 0.5) is 5.82 Å². The van der Waals surface area contributed by atoms with Crippen molar-refractivity contribution in [3.05, 3.63) is 29.4 Å². The summed E-state index contributed by atoms with van der Waals surface area (Å²) in [6.07, 6.45) is 0. The first-order valence-corrected chi connectivity index (χ1v) is 6.53. The first-order chi connectivity index (χ1) is 8.77. The Hall–Kier alpha value is -1.39. The van der Waals surface area contributed by atoms with Crippen molar-refractivity contribution in [1.82, 2.24) is 15.5 Å². The van der Waals surface area contributed by atoms with Crippen molar-refractivity contribution in [3.63, 3.8) is 0 Å². The van der Waals surface area contributed by atoms with Crippen molar-refractivity contribution in [2.24, 2.45) is 0 Å². The van der Waals surface area contributed by atoms with Crippen molar-refractivity contribution < 1.29 is 0 Å². The van der Waals surface area contributed by atoms with Crippen LogP contribution in [0.25, 0.3) is 10.8 Å². The summed E-state index contributed by atoms with van der Waals surface area (Å²) in [7, 11) is 0. The molecule has 1 aliphatic rings. The van der Waals surface area contributed by atoms with E-state index in [0.717, 1.165) is 36.2 Å². The Bertz CT molecular complexity index is 572. The number of halogens is 1. The second-order valence-corrected chi connectivity index (χ2v) is 4.96. The van der Waals surface area contributed by atoms with Gasteiger partial charge in [0.05, 0.1) is 0 Å². The molecule has 1 saturated heterocycles. The fourth-order valence-corrected chi connectivity index (χ4v) is 2.63. The third kappa shape index (κ3) is 1.91. The Labute approximate surface area is 111 Å². The maximum absolute atomic E-state index is 6.10. The average Bonchev–Trinajstić information content (AvgIpc) is 2.41. The van der Waals surface area contributed by atoms with Crippen molar-refractivity contribution in [3.8, 4) is 0 Å². The fourth-order valence-electron chi connectivity index (χ4n) is 2.42. The Kier molecular flexibility index (Phi) is 3.06. The number of hydrogen-bond acceptors (Lipinski definition) is 4. The molecule has 1 aliphatic heterocycles. The predicted molar refractivity (Wildman–Crippen MR) is 74.2 cm³/mol. The molecule has 0 radical (unpaired) electrons. The van der Waals surface area contributed by atoms with Crippen LogP contribution in [0.3, 0.4) is 0 Å². The largest absolute Gasteiger partial charge is 0.349 e. The van der Waals surface area contributed by atoms with Gasteiger partial charge in [0, 0.05) is 36.4 Å². The quantitative estimate of drug-likeness (QED) is 0.854. The highest BCUT2D eigenvalue weighted by Gasteiger charge is 2.22. The van der Waals surface area contributed by atoms with E-state index < -0.39 is 0 Å². The molecular formula is C13H15ClN4. The van der Waals surface area contributed by atoms with E-state index in [1.807, 2.05) is 18.2 Å². The summed E-state index contributed by atoms with van der Waals surface area (Å²) in [5.74, 6) is 0.934. The van der Waals surface area contributed by atoms with Crippen LogP contribution in [0.15, 0.2) is 24.3 Å². The number of benzene rings is 1. The lowest BCUT2D eigenvalue weighted by Gasteiger charge is -2.35. The smallest absolute Gasteiger partial charge is 0.159 e. The second kappa shape index (κ2) is 4.71. The Morgan fingerprint density at radius 1 is 1.28 bits per heavy atom. The Balaban J connectivity index is 2.14. The van der Waals surface area contributed by atoms with Crippen LogP contribution in [-0.2, 0) is 0 Å². The molecule has 3 rings (SSSR count). The van der Waals surface area contributed by atoms with Crippen LogP contribution in [0, 0.1) is 0 Å². The van der Waals surface area contributed by atoms with Gasteiger partial charge in [-0.15, -0.1) is 10.2 Å². The predicted octanol–water partition coefficient (Wildman–Crippen LogP) is 2.08. The summed E-state index contributed by atoms with van der Waals surface area (Å²) in [4.78, 5) is 2.29. The minimum Gasteiger partial charge on any atom is -0.349 e. The van der Waals surface area contributed by atoms with E-state index >= 15 is 0 Å². The number of fused-ring (bicyclic) bond motifs is 1. The van der Waals surface area contributed by atoms with E-state index in [9.17, 15) is 0 Å². The highest BCUT2D eigenvalue weighted by molar-refractivity contribution is 6.34. The molecule has 1 aromatic heterocycles. The van der Waals surface area contributed by atoms with Gasteiger partial charge in [-0.25, -0.2) is 0 Å². The molecule has 2 heterocycles. The lowest BCUT2D eigenvalue weighted by Crippen LogP contribution is -2.50. The zero-order valence-electron chi connectivity index (χ0n) is 10.2. The molecule has 1 aromatic carbocycles. The van der Waals surface area contributed by atoms with E-state index in [-0.39, 0.29) is 0 Å². The van der Waals surface area contributed by atoms with Gasteiger partial charge in [-0.2, -0.15) is 0 Å². The van der Waals surface area contributed by atoms with E-state index in [4.69, 9.17) is 11.6 Å². The van der Waals surface area contributed by atoms with Gasteiger partial charge in [-0.3, -0.25) is 0 Å². The third-order valence-electron chi connectivity index (χ3n) is 3.40. The summed E-state index contributed by atoms with van der Waals surface area (Å²) in [6.45, 7) is 5.08. The maximum atomic E-state index is 6.10. The van der Waals surface area contributed by atoms with E-state index in [1.165, 1.54) is 0 Å². The van der Waals surface area contributed by atoms with Gasteiger partial charge >= 0.3 is 0 Å². The zero-order valence-corrected chi connectivity index (χ0v) is 11.0. The molecule has 0 unspecified atom stereocenters. The molecule has 1 fully saturated rings. The van der Waals surface area contributed by atoms with Crippen molar-refractivity contribution >= 4 is 28.2 Å². The normalized spacial score (nSPS) is 20.3. The highest BCUT2D eigenvalue weighted by atomic mass is 35.5. The van der Waals surface area contributed by atoms with E-state index in [2.05, 4.69) is 33.4 Å². The van der Waals surface area contributed by atoms with Crippen molar-refractivity contribution in [2.75, 3.05) is 24.5 Å². The number of anilines is 1. The SMILES string of the molecule is C[C@H]1CNCCN1c1nnc(Cl)c2ccccc12. The molecule has 5 heteroatoms. The molecule has 94 valence electrons. The molecule has 0 bridgehead atoms. The summed E-state index contributed by atoms with van der Waals surface area (Å²) >= 11 is 6.10. The summed E-state index contributed by atoms with van der Waals surface area (Å²) in [5, 5.41) is 14.3. The minimum absolute atomic E-state index is 0.414. The summed E-state index contributed by atoms with van der Waals surface area (Å²) in [6, 6.07) is 8.44. The van der Waals surface area contributed by atoms with Crippen LogP contribution in [-0.4, -0.2) is 35.9 Å². The molecule has 0 spiro atoms. The second-order valence-electron chi connectivity index (χ2n) is 4.61. The van der Waals surface area contributed by atoms with E-state index in [1.54, 1.807) is 0 Å². The van der Waals surface area contributed by atoms with Gasteiger partial charge in [0.1, 0.15) is 0 Å². The highest BCUT2D eigenvalue weighted by Crippen LogP contribution is 2.29. The third-order valence-corrected chi connectivity index (χ3v) is 3.68. The minimum atomic E-state index is 0.414. The number of nitrogens with zero attached hydrogens (tertiary/aromatic N) is 3. The number of aromatic nitrogens is 2. The first kappa shape index (κ1) is 11.7. The molecule has 1 N–H and O–H groups in total. The average molecular weight is 263 g/mol.